The Morgan fingerprint density at radius 1 is 1.24 bits per heavy atom. The molecular weight excluding hydrogens is 280 g/mol. The summed E-state index contributed by atoms with van der Waals surface area (Å²) in [5.74, 6) is 0.679. The Morgan fingerprint density at radius 3 is 2.71 bits per heavy atom. The van der Waals surface area contributed by atoms with Gasteiger partial charge in [0.05, 0.1) is 12.2 Å². The average molecular weight is 299 g/mol. The summed E-state index contributed by atoms with van der Waals surface area (Å²) in [5.41, 5.74) is 0.605. The zero-order valence-corrected chi connectivity index (χ0v) is 11.8. The summed E-state index contributed by atoms with van der Waals surface area (Å²) in [6, 6.07) is 5.50. The van der Waals surface area contributed by atoms with E-state index in [0.717, 1.165) is 17.2 Å². The van der Waals surface area contributed by atoms with Gasteiger partial charge in [-0.3, -0.25) is 4.79 Å². The summed E-state index contributed by atoms with van der Waals surface area (Å²) in [7, 11) is 0. The molecule has 2 nitrogen and oxygen atoms in total. The largest absolute Gasteiger partial charge is 0.493 e. The highest BCUT2D eigenvalue weighted by Crippen LogP contribution is 2.21. The molecule has 94 valence electrons. The number of ether oxygens (including phenoxy) is 1. The van der Waals surface area contributed by atoms with Crippen LogP contribution >= 0.6 is 15.9 Å². The molecule has 0 heterocycles. The molecule has 0 amide bonds. The third-order valence-electron chi connectivity index (χ3n) is 2.60. The van der Waals surface area contributed by atoms with E-state index in [9.17, 15) is 4.79 Å². The summed E-state index contributed by atoms with van der Waals surface area (Å²) in [4.78, 5) is 10.9. The molecule has 0 radical (unpaired) electrons. The van der Waals surface area contributed by atoms with Gasteiger partial charge in [-0.15, -0.1) is 0 Å². The van der Waals surface area contributed by atoms with Crippen LogP contribution in [-0.2, 0) is 0 Å². The van der Waals surface area contributed by atoms with Crippen LogP contribution in [-0.4, -0.2) is 12.9 Å². The lowest BCUT2D eigenvalue weighted by Gasteiger charge is -2.08. The Labute approximate surface area is 111 Å². The standard InChI is InChI=1S/C14H19BrO2/c1-2-3-4-5-6-9-17-14-8-7-13(15)10-12(14)11-16/h7-8,10-11H,2-6,9H2,1H3. The van der Waals surface area contributed by atoms with Gasteiger partial charge in [-0.05, 0) is 24.6 Å². The summed E-state index contributed by atoms with van der Waals surface area (Å²) >= 11 is 3.33. The van der Waals surface area contributed by atoms with Crippen molar-refractivity contribution in [2.45, 2.75) is 39.0 Å². The van der Waals surface area contributed by atoms with Crippen molar-refractivity contribution in [3.05, 3.63) is 28.2 Å². The van der Waals surface area contributed by atoms with Crippen LogP contribution < -0.4 is 4.74 Å². The Bertz CT molecular complexity index is 350. The van der Waals surface area contributed by atoms with E-state index in [-0.39, 0.29) is 0 Å². The molecule has 1 aromatic rings. The molecule has 0 saturated carbocycles. The average Bonchev–Trinajstić information content (AvgIpc) is 2.35. The highest BCUT2D eigenvalue weighted by Gasteiger charge is 2.03. The van der Waals surface area contributed by atoms with Crippen molar-refractivity contribution in [1.82, 2.24) is 0 Å². The van der Waals surface area contributed by atoms with Gasteiger partial charge in [0.15, 0.2) is 6.29 Å². The monoisotopic (exact) mass is 298 g/mol. The second-order valence-electron chi connectivity index (χ2n) is 4.06. The van der Waals surface area contributed by atoms with Gasteiger partial charge in [-0.2, -0.15) is 0 Å². The van der Waals surface area contributed by atoms with Gasteiger partial charge in [0.25, 0.3) is 0 Å². The van der Waals surface area contributed by atoms with Crippen molar-refractivity contribution in [1.29, 1.82) is 0 Å². The van der Waals surface area contributed by atoms with E-state index in [0.29, 0.717) is 17.9 Å². The van der Waals surface area contributed by atoms with Crippen molar-refractivity contribution in [3.8, 4) is 5.75 Å². The molecule has 0 aliphatic rings. The lowest BCUT2D eigenvalue weighted by molar-refractivity contribution is 0.111. The zero-order chi connectivity index (χ0) is 12.5. The molecular formula is C14H19BrO2. The highest BCUT2D eigenvalue weighted by atomic mass is 79.9. The van der Waals surface area contributed by atoms with E-state index in [1.54, 1.807) is 6.07 Å². The predicted molar refractivity (Wildman–Crippen MR) is 73.8 cm³/mol. The molecule has 0 N–H and O–H groups in total. The van der Waals surface area contributed by atoms with Gasteiger partial charge in [0.2, 0.25) is 0 Å². The van der Waals surface area contributed by atoms with Crippen molar-refractivity contribution in [2.24, 2.45) is 0 Å². The minimum Gasteiger partial charge on any atom is -0.493 e. The van der Waals surface area contributed by atoms with E-state index in [4.69, 9.17) is 4.74 Å². The fourth-order valence-electron chi connectivity index (χ4n) is 1.63. The van der Waals surface area contributed by atoms with Crippen molar-refractivity contribution >= 4 is 22.2 Å². The minimum absolute atomic E-state index is 0.605. The second-order valence-corrected chi connectivity index (χ2v) is 4.98. The summed E-state index contributed by atoms with van der Waals surface area (Å²) in [6.07, 6.45) is 6.88. The zero-order valence-electron chi connectivity index (χ0n) is 10.2. The maximum Gasteiger partial charge on any atom is 0.153 e. The van der Waals surface area contributed by atoms with Crippen LogP contribution in [0.4, 0.5) is 0 Å². The van der Waals surface area contributed by atoms with Gasteiger partial charge >= 0.3 is 0 Å². The third kappa shape index (κ3) is 5.35. The smallest absolute Gasteiger partial charge is 0.153 e. The number of hydrogen-bond donors (Lipinski definition) is 0. The van der Waals surface area contributed by atoms with Gasteiger partial charge in [0.1, 0.15) is 5.75 Å². The molecule has 0 aliphatic heterocycles. The van der Waals surface area contributed by atoms with Crippen molar-refractivity contribution in [3.63, 3.8) is 0 Å². The maximum atomic E-state index is 10.9. The Kier molecular flexibility index (Phi) is 6.94. The number of carbonyl (C=O) groups is 1. The number of carbonyl (C=O) groups excluding carboxylic acids is 1. The van der Waals surface area contributed by atoms with Crippen LogP contribution in [0.5, 0.6) is 5.75 Å². The van der Waals surface area contributed by atoms with Crippen LogP contribution in [0.25, 0.3) is 0 Å². The van der Waals surface area contributed by atoms with E-state index < -0.39 is 0 Å². The van der Waals surface area contributed by atoms with Gasteiger partial charge < -0.3 is 4.74 Å². The SMILES string of the molecule is CCCCCCCOc1ccc(Br)cc1C=O. The first kappa shape index (κ1) is 14.2. The fourth-order valence-corrected chi connectivity index (χ4v) is 2.01. The first-order valence-electron chi connectivity index (χ1n) is 6.15. The van der Waals surface area contributed by atoms with Crippen LogP contribution in [0.15, 0.2) is 22.7 Å². The van der Waals surface area contributed by atoms with Crippen LogP contribution in [0.1, 0.15) is 49.4 Å². The third-order valence-corrected chi connectivity index (χ3v) is 3.10. The van der Waals surface area contributed by atoms with Crippen molar-refractivity contribution < 1.29 is 9.53 Å². The molecule has 0 fully saturated rings. The number of benzene rings is 1. The van der Waals surface area contributed by atoms with Gasteiger partial charge in [-0.1, -0.05) is 48.5 Å². The Balaban J connectivity index is 2.33. The van der Waals surface area contributed by atoms with Gasteiger partial charge in [-0.25, -0.2) is 0 Å². The molecule has 0 bridgehead atoms. The Morgan fingerprint density at radius 2 is 2.00 bits per heavy atom. The van der Waals surface area contributed by atoms with E-state index in [1.807, 2.05) is 12.1 Å². The number of hydrogen-bond acceptors (Lipinski definition) is 2. The molecule has 0 unspecified atom stereocenters. The quantitative estimate of drug-likeness (QED) is 0.517. The number of rotatable bonds is 8. The minimum atomic E-state index is 0.605. The van der Waals surface area contributed by atoms with E-state index in [1.165, 1.54) is 25.7 Å². The first-order valence-corrected chi connectivity index (χ1v) is 6.94. The molecule has 0 aliphatic carbocycles. The molecule has 1 rings (SSSR count). The van der Waals surface area contributed by atoms with E-state index in [2.05, 4.69) is 22.9 Å². The summed E-state index contributed by atoms with van der Waals surface area (Å²) in [6.45, 7) is 2.89. The maximum absolute atomic E-state index is 10.9. The molecule has 0 atom stereocenters. The molecule has 3 heteroatoms. The number of halogens is 1. The van der Waals surface area contributed by atoms with Crippen LogP contribution in [0.3, 0.4) is 0 Å². The topological polar surface area (TPSA) is 26.3 Å². The van der Waals surface area contributed by atoms with Crippen LogP contribution in [0.2, 0.25) is 0 Å². The molecule has 17 heavy (non-hydrogen) atoms. The molecule has 0 saturated heterocycles. The lowest BCUT2D eigenvalue weighted by atomic mass is 10.2. The predicted octanol–water partition coefficient (Wildman–Crippen LogP) is 4.61. The summed E-state index contributed by atoms with van der Waals surface area (Å²) in [5, 5.41) is 0. The molecule has 0 aromatic heterocycles. The van der Waals surface area contributed by atoms with Crippen molar-refractivity contribution in [2.75, 3.05) is 6.61 Å². The van der Waals surface area contributed by atoms with Gasteiger partial charge in [0, 0.05) is 4.47 Å². The molecule has 0 spiro atoms. The fraction of sp³-hybridized carbons (Fsp3) is 0.500. The van der Waals surface area contributed by atoms with E-state index >= 15 is 0 Å². The summed E-state index contributed by atoms with van der Waals surface area (Å²) < 4.78 is 6.51. The first-order chi connectivity index (χ1) is 8.27. The lowest BCUT2D eigenvalue weighted by Crippen LogP contribution is -2.00. The number of unbranched alkanes of at least 4 members (excludes halogenated alkanes) is 4. The Hall–Kier alpha value is -0.830. The molecule has 1 aromatic carbocycles. The number of aldehydes is 1. The second kappa shape index (κ2) is 8.29. The van der Waals surface area contributed by atoms with Crippen LogP contribution in [0, 0.1) is 0 Å². The highest BCUT2D eigenvalue weighted by molar-refractivity contribution is 9.10. The normalized spacial score (nSPS) is 10.2.